The van der Waals surface area contributed by atoms with Gasteiger partial charge in [0.2, 0.25) is 0 Å². The van der Waals surface area contributed by atoms with Crippen molar-refractivity contribution in [3.63, 3.8) is 0 Å². The number of pyridine rings is 1. The number of alkyl halides is 3. The van der Waals surface area contributed by atoms with Crippen molar-refractivity contribution in [2.24, 2.45) is 0 Å². The van der Waals surface area contributed by atoms with Crippen molar-refractivity contribution >= 4 is 17.5 Å². The lowest BCUT2D eigenvalue weighted by atomic mass is 10.2. The van der Waals surface area contributed by atoms with Gasteiger partial charge in [0.05, 0.1) is 5.56 Å². The Labute approximate surface area is 129 Å². The highest BCUT2D eigenvalue weighted by molar-refractivity contribution is 6.39. The fourth-order valence-electron chi connectivity index (χ4n) is 1.69. The zero-order valence-electron chi connectivity index (χ0n) is 11.7. The van der Waals surface area contributed by atoms with Crippen LogP contribution in [0.15, 0.2) is 48.8 Å². The number of hydrogen-bond acceptors (Lipinski definition) is 3. The first-order valence-electron chi connectivity index (χ1n) is 6.51. The Morgan fingerprint density at radius 1 is 0.957 bits per heavy atom. The maximum atomic E-state index is 12.4. The number of benzene rings is 1. The summed E-state index contributed by atoms with van der Waals surface area (Å²) >= 11 is 0. The van der Waals surface area contributed by atoms with Crippen molar-refractivity contribution in [1.82, 2.24) is 10.3 Å². The number of carbonyl (C=O) groups excluding carboxylic acids is 2. The van der Waals surface area contributed by atoms with E-state index in [1.807, 2.05) is 0 Å². The Morgan fingerprint density at radius 3 is 2.13 bits per heavy atom. The summed E-state index contributed by atoms with van der Waals surface area (Å²) in [4.78, 5) is 27.1. The van der Waals surface area contributed by atoms with E-state index < -0.39 is 23.6 Å². The average molecular weight is 323 g/mol. The number of rotatable bonds is 3. The maximum Gasteiger partial charge on any atom is 0.416 e. The van der Waals surface area contributed by atoms with Crippen molar-refractivity contribution < 1.29 is 22.8 Å². The van der Waals surface area contributed by atoms with Crippen LogP contribution in [0.2, 0.25) is 0 Å². The normalized spacial score (nSPS) is 10.9. The van der Waals surface area contributed by atoms with E-state index >= 15 is 0 Å². The molecule has 5 nitrogen and oxygen atoms in total. The van der Waals surface area contributed by atoms with Gasteiger partial charge in [-0.2, -0.15) is 13.2 Å². The van der Waals surface area contributed by atoms with Crippen molar-refractivity contribution in [2.45, 2.75) is 12.7 Å². The monoisotopic (exact) mass is 323 g/mol. The fraction of sp³-hybridized carbons (Fsp3) is 0.133. The highest BCUT2D eigenvalue weighted by Gasteiger charge is 2.30. The summed E-state index contributed by atoms with van der Waals surface area (Å²) in [6, 6.07) is 7.16. The molecule has 2 amide bonds. The van der Waals surface area contributed by atoms with Crippen molar-refractivity contribution in [3.8, 4) is 0 Å². The Hall–Kier alpha value is -2.90. The van der Waals surface area contributed by atoms with Gasteiger partial charge in [-0.3, -0.25) is 14.6 Å². The number of aromatic nitrogens is 1. The Bertz CT molecular complexity index is 685. The molecule has 0 aliphatic carbocycles. The number of carbonyl (C=O) groups is 2. The Kier molecular flexibility index (Phi) is 4.95. The van der Waals surface area contributed by atoms with E-state index in [4.69, 9.17) is 0 Å². The van der Waals surface area contributed by atoms with Gasteiger partial charge in [-0.15, -0.1) is 0 Å². The van der Waals surface area contributed by atoms with Gasteiger partial charge >= 0.3 is 18.0 Å². The summed E-state index contributed by atoms with van der Waals surface area (Å²) in [5.74, 6) is -1.85. The molecule has 120 valence electrons. The lowest BCUT2D eigenvalue weighted by Gasteiger charge is -2.09. The molecule has 0 saturated carbocycles. The third-order valence-electron chi connectivity index (χ3n) is 2.88. The molecule has 0 aliphatic heterocycles. The van der Waals surface area contributed by atoms with Gasteiger partial charge in [0.25, 0.3) is 0 Å². The van der Waals surface area contributed by atoms with Crippen molar-refractivity contribution in [1.29, 1.82) is 0 Å². The molecule has 2 N–H and O–H groups in total. The number of anilines is 1. The number of nitrogens with zero attached hydrogens (tertiary/aromatic N) is 1. The summed E-state index contributed by atoms with van der Waals surface area (Å²) in [6.07, 6.45) is -1.36. The fourth-order valence-corrected chi connectivity index (χ4v) is 1.69. The first kappa shape index (κ1) is 16.5. The van der Waals surface area contributed by atoms with Crippen LogP contribution in [0.1, 0.15) is 11.1 Å². The van der Waals surface area contributed by atoms with E-state index in [0.29, 0.717) is 0 Å². The first-order chi connectivity index (χ1) is 10.9. The van der Waals surface area contributed by atoms with Crippen LogP contribution in [0.5, 0.6) is 0 Å². The molecule has 2 aromatic rings. The van der Waals surface area contributed by atoms with Crippen LogP contribution in [0.3, 0.4) is 0 Å². The zero-order valence-corrected chi connectivity index (χ0v) is 11.7. The number of halogens is 3. The molecule has 2 rings (SSSR count). The summed E-state index contributed by atoms with van der Waals surface area (Å²) in [7, 11) is 0. The lowest BCUT2D eigenvalue weighted by molar-refractivity contribution is -0.137. The minimum Gasteiger partial charge on any atom is -0.344 e. The van der Waals surface area contributed by atoms with Crippen LogP contribution in [-0.2, 0) is 22.3 Å². The molecule has 0 spiro atoms. The third-order valence-corrected chi connectivity index (χ3v) is 2.88. The van der Waals surface area contributed by atoms with Gasteiger partial charge < -0.3 is 10.6 Å². The average Bonchev–Trinajstić information content (AvgIpc) is 2.53. The smallest absolute Gasteiger partial charge is 0.344 e. The van der Waals surface area contributed by atoms with E-state index in [2.05, 4.69) is 15.6 Å². The molecule has 1 aromatic heterocycles. The number of amides is 2. The van der Waals surface area contributed by atoms with Crippen LogP contribution in [-0.4, -0.2) is 16.8 Å². The standard InChI is InChI=1S/C15H12F3N3O2/c16-15(17,18)11-1-3-12(4-2-11)21-14(23)13(22)20-9-10-5-7-19-8-6-10/h1-8H,9H2,(H,20,22)(H,21,23). The van der Waals surface area contributed by atoms with Gasteiger partial charge in [0, 0.05) is 24.6 Å². The number of nitrogens with one attached hydrogen (secondary N) is 2. The largest absolute Gasteiger partial charge is 0.416 e. The molecular weight excluding hydrogens is 311 g/mol. The molecular formula is C15H12F3N3O2. The molecule has 0 aliphatic rings. The van der Waals surface area contributed by atoms with Gasteiger partial charge in [-0.05, 0) is 42.0 Å². The second kappa shape index (κ2) is 6.91. The van der Waals surface area contributed by atoms with Gasteiger partial charge in [0.15, 0.2) is 0 Å². The van der Waals surface area contributed by atoms with Crippen LogP contribution in [0.25, 0.3) is 0 Å². The van der Waals surface area contributed by atoms with Crippen LogP contribution in [0.4, 0.5) is 18.9 Å². The van der Waals surface area contributed by atoms with Gasteiger partial charge in [0.1, 0.15) is 0 Å². The Morgan fingerprint density at radius 2 is 1.57 bits per heavy atom. The second-order valence-electron chi connectivity index (χ2n) is 4.57. The van der Waals surface area contributed by atoms with Gasteiger partial charge in [-0.1, -0.05) is 0 Å². The SMILES string of the molecule is O=C(NCc1ccncc1)C(=O)Nc1ccc(C(F)(F)F)cc1. The van der Waals surface area contributed by atoms with Crippen molar-refractivity contribution in [2.75, 3.05) is 5.32 Å². The molecule has 0 atom stereocenters. The predicted octanol–water partition coefficient (Wildman–Crippen LogP) is 2.36. The summed E-state index contributed by atoms with van der Waals surface area (Å²) < 4.78 is 37.2. The molecule has 1 heterocycles. The molecule has 1 aromatic carbocycles. The van der Waals surface area contributed by atoms with Crippen LogP contribution < -0.4 is 10.6 Å². The molecule has 0 fully saturated rings. The van der Waals surface area contributed by atoms with E-state index in [-0.39, 0.29) is 12.2 Å². The molecule has 0 radical (unpaired) electrons. The minimum atomic E-state index is -4.45. The third kappa shape index (κ3) is 4.80. The van der Waals surface area contributed by atoms with Gasteiger partial charge in [-0.25, -0.2) is 0 Å². The quantitative estimate of drug-likeness (QED) is 0.852. The topological polar surface area (TPSA) is 71.1 Å². The molecule has 0 bridgehead atoms. The maximum absolute atomic E-state index is 12.4. The molecule has 23 heavy (non-hydrogen) atoms. The summed E-state index contributed by atoms with van der Waals surface area (Å²) in [5.41, 5.74) is 0.0235. The van der Waals surface area contributed by atoms with E-state index in [9.17, 15) is 22.8 Å². The molecule has 8 heteroatoms. The Balaban J connectivity index is 1.89. The highest BCUT2D eigenvalue weighted by Crippen LogP contribution is 2.29. The highest BCUT2D eigenvalue weighted by atomic mass is 19.4. The molecule has 0 saturated heterocycles. The predicted molar refractivity (Wildman–Crippen MR) is 76.2 cm³/mol. The number of hydrogen-bond donors (Lipinski definition) is 2. The minimum absolute atomic E-state index is 0.0991. The first-order valence-corrected chi connectivity index (χ1v) is 6.51. The second-order valence-corrected chi connectivity index (χ2v) is 4.57. The van der Waals surface area contributed by atoms with Crippen LogP contribution >= 0.6 is 0 Å². The lowest BCUT2D eigenvalue weighted by Crippen LogP contribution is -2.34. The summed E-state index contributed by atoms with van der Waals surface area (Å²) in [5, 5.41) is 4.62. The van der Waals surface area contributed by atoms with Crippen LogP contribution in [0, 0.1) is 0 Å². The van der Waals surface area contributed by atoms with E-state index in [1.165, 1.54) is 0 Å². The summed E-state index contributed by atoms with van der Waals surface area (Å²) in [6.45, 7) is 0.141. The van der Waals surface area contributed by atoms with E-state index in [0.717, 1.165) is 29.8 Å². The zero-order chi connectivity index (χ0) is 16.9. The van der Waals surface area contributed by atoms with Crippen molar-refractivity contribution in [3.05, 3.63) is 59.9 Å². The molecule has 0 unspecified atom stereocenters. The van der Waals surface area contributed by atoms with E-state index in [1.54, 1.807) is 24.5 Å².